The highest BCUT2D eigenvalue weighted by Crippen LogP contribution is 2.18. The van der Waals surface area contributed by atoms with E-state index < -0.39 is 0 Å². The summed E-state index contributed by atoms with van der Waals surface area (Å²) < 4.78 is 0. The molecular weight excluding hydrogens is 198 g/mol. The molecule has 0 unspecified atom stereocenters. The van der Waals surface area contributed by atoms with Gasteiger partial charge in [0.2, 0.25) is 0 Å². The minimum absolute atomic E-state index is 0.739. The Morgan fingerprint density at radius 1 is 1.44 bits per heavy atom. The summed E-state index contributed by atoms with van der Waals surface area (Å²) in [6.07, 6.45) is 7.21. The molecule has 0 saturated heterocycles. The van der Waals surface area contributed by atoms with Gasteiger partial charge in [-0.15, -0.1) is 0 Å². The molecule has 80 valence electrons. The Hall–Kier alpha value is -2.16. The van der Waals surface area contributed by atoms with E-state index in [9.17, 15) is 0 Å². The number of hydrogen-bond donors (Lipinski definition) is 1. The second-order valence-electron chi connectivity index (χ2n) is 3.48. The highest BCUT2D eigenvalue weighted by atomic mass is 15.0. The van der Waals surface area contributed by atoms with Crippen LogP contribution >= 0.6 is 0 Å². The van der Waals surface area contributed by atoms with Crippen LogP contribution in [0, 0.1) is 6.92 Å². The molecule has 0 aliphatic rings. The van der Waals surface area contributed by atoms with Crippen LogP contribution in [0.5, 0.6) is 0 Å². The summed E-state index contributed by atoms with van der Waals surface area (Å²) in [4.78, 5) is 11.7. The van der Waals surface area contributed by atoms with E-state index in [2.05, 4.69) is 28.1 Å². The van der Waals surface area contributed by atoms with Gasteiger partial charge in [-0.05, 0) is 18.6 Å². The number of hydrogen-bond acceptors (Lipinski definition) is 2. The first-order valence-electron chi connectivity index (χ1n) is 5.02. The van der Waals surface area contributed by atoms with E-state index in [1.54, 1.807) is 18.3 Å². The summed E-state index contributed by atoms with van der Waals surface area (Å²) in [5, 5.41) is 0. The normalized spacial score (nSPS) is 11.7. The van der Waals surface area contributed by atoms with Crippen molar-refractivity contribution in [3.8, 4) is 0 Å². The Labute approximate surface area is 94.2 Å². The number of aromatic nitrogens is 3. The lowest BCUT2D eigenvalue weighted by Gasteiger charge is -2.00. The van der Waals surface area contributed by atoms with E-state index in [-0.39, 0.29) is 0 Å². The van der Waals surface area contributed by atoms with Crippen LogP contribution in [-0.2, 0) is 0 Å². The minimum atomic E-state index is 0.739. The molecule has 0 saturated carbocycles. The number of aryl methyl sites for hydroxylation is 1. The molecule has 0 fully saturated rings. The maximum atomic E-state index is 4.29. The van der Waals surface area contributed by atoms with E-state index in [0.717, 1.165) is 28.1 Å². The second-order valence-corrected chi connectivity index (χ2v) is 3.48. The molecule has 3 heteroatoms. The largest absolute Gasteiger partial charge is 0.341 e. The molecule has 0 bridgehead atoms. The van der Waals surface area contributed by atoms with Crippen LogP contribution in [0.1, 0.15) is 11.4 Å². The molecule has 2 aromatic heterocycles. The zero-order chi connectivity index (χ0) is 11.5. The van der Waals surface area contributed by atoms with Crippen LogP contribution in [0.3, 0.4) is 0 Å². The summed E-state index contributed by atoms with van der Waals surface area (Å²) in [6.45, 7) is 9.36. The third-order valence-corrected chi connectivity index (χ3v) is 2.31. The molecule has 0 aliphatic heterocycles. The summed E-state index contributed by atoms with van der Waals surface area (Å²) in [5.74, 6) is 0.868. The number of H-pyrrole nitrogens is 1. The first-order chi connectivity index (χ1) is 7.74. The number of fused-ring (bicyclic) bond motifs is 1. The number of allylic oxidation sites excluding steroid dienone is 4. The summed E-state index contributed by atoms with van der Waals surface area (Å²) in [7, 11) is 0. The first kappa shape index (κ1) is 10.4. The van der Waals surface area contributed by atoms with Crippen LogP contribution in [0.2, 0.25) is 0 Å². The number of nitrogens with one attached hydrogen (secondary N) is 1. The van der Waals surface area contributed by atoms with Crippen molar-refractivity contribution in [1.82, 2.24) is 15.0 Å². The first-order valence-corrected chi connectivity index (χ1v) is 5.02. The Morgan fingerprint density at radius 3 is 2.94 bits per heavy atom. The Kier molecular flexibility index (Phi) is 2.68. The van der Waals surface area contributed by atoms with Gasteiger partial charge in [0, 0.05) is 11.8 Å². The van der Waals surface area contributed by atoms with E-state index in [1.165, 1.54) is 0 Å². The molecule has 0 aromatic carbocycles. The van der Waals surface area contributed by atoms with Crippen molar-refractivity contribution in [2.45, 2.75) is 6.92 Å². The summed E-state index contributed by atoms with van der Waals surface area (Å²) in [6, 6.07) is 2.01. The van der Waals surface area contributed by atoms with Crippen LogP contribution in [-0.4, -0.2) is 15.0 Å². The van der Waals surface area contributed by atoms with Crippen molar-refractivity contribution in [3.63, 3.8) is 0 Å². The van der Waals surface area contributed by atoms with Crippen LogP contribution in [0.25, 0.3) is 16.7 Å². The van der Waals surface area contributed by atoms with Crippen LogP contribution in [0.15, 0.2) is 43.6 Å². The fourth-order valence-electron chi connectivity index (χ4n) is 1.59. The SMILES string of the molecule is C=CC=C(C=C)c1cnc2nc(C)[nH]c2c1. The number of nitrogens with zero attached hydrogens (tertiary/aromatic N) is 2. The molecule has 3 nitrogen and oxygen atoms in total. The number of imidazole rings is 1. The van der Waals surface area contributed by atoms with Gasteiger partial charge in [0.15, 0.2) is 5.65 Å². The molecule has 0 aliphatic carbocycles. The summed E-state index contributed by atoms with van der Waals surface area (Å²) >= 11 is 0. The van der Waals surface area contributed by atoms with Crippen LogP contribution in [0.4, 0.5) is 0 Å². The monoisotopic (exact) mass is 211 g/mol. The average Bonchev–Trinajstić information content (AvgIpc) is 2.64. The molecule has 1 N–H and O–H groups in total. The van der Waals surface area contributed by atoms with Crippen LogP contribution < -0.4 is 0 Å². The lowest BCUT2D eigenvalue weighted by atomic mass is 10.1. The Morgan fingerprint density at radius 2 is 2.25 bits per heavy atom. The molecule has 2 aromatic rings. The lowest BCUT2D eigenvalue weighted by Crippen LogP contribution is -1.84. The smallest absolute Gasteiger partial charge is 0.177 e. The lowest BCUT2D eigenvalue weighted by molar-refractivity contribution is 1.16. The molecular formula is C13H13N3. The topological polar surface area (TPSA) is 41.6 Å². The minimum Gasteiger partial charge on any atom is -0.341 e. The van der Waals surface area contributed by atoms with Crippen molar-refractivity contribution in [2.75, 3.05) is 0 Å². The van der Waals surface area contributed by atoms with Gasteiger partial charge in [0.05, 0.1) is 5.52 Å². The third-order valence-electron chi connectivity index (χ3n) is 2.31. The molecule has 0 radical (unpaired) electrons. The zero-order valence-corrected chi connectivity index (χ0v) is 9.20. The molecule has 2 heterocycles. The average molecular weight is 211 g/mol. The van der Waals surface area contributed by atoms with Crippen molar-refractivity contribution in [3.05, 3.63) is 55.0 Å². The summed E-state index contributed by atoms with van der Waals surface area (Å²) in [5.41, 5.74) is 3.68. The van der Waals surface area contributed by atoms with Crippen molar-refractivity contribution in [2.24, 2.45) is 0 Å². The standard InChI is InChI=1S/C13H13N3/c1-4-6-10(5-2)11-7-12-13(14-8-11)16-9(3)15-12/h4-8H,1-2H2,3H3,(H,14,15,16). The third kappa shape index (κ3) is 1.80. The van der Waals surface area contributed by atoms with Gasteiger partial charge < -0.3 is 4.98 Å². The number of pyridine rings is 1. The van der Waals surface area contributed by atoms with E-state index in [4.69, 9.17) is 0 Å². The maximum Gasteiger partial charge on any atom is 0.177 e. The molecule has 16 heavy (non-hydrogen) atoms. The fourth-order valence-corrected chi connectivity index (χ4v) is 1.59. The van der Waals surface area contributed by atoms with Gasteiger partial charge in [-0.25, -0.2) is 9.97 Å². The predicted octanol–water partition coefficient (Wildman–Crippen LogP) is 3.02. The highest BCUT2D eigenvalue weighted by Gasteiger charge is 2.03. The van der Waals surface area contributed by atoms with Gasteiger partial charge in [0.25, 0.3) is 0 Å². The maximum absolute atomic E-state index is 4.29. The van der Waals surface area contributed by atoms with Gasteiger partial charge in [-0.1, -0.05) is 31.4 Å². The number of aromatic amines is 1. The van der Waals surface area contributed by atoms with Crippen molar-refractivity contribution < 1.29 is 0 Å². The molecule has 0 atom stereocenters. The molecule has 0 amide bonds. The predicted molar refractivity (Wildman–Crippen MR) is 67.0 cm³/mol. The fraction of sp³-hybridized carbons (Fsp3) is 0.0769. The van der Waals surface area contributed by atoms with E-state index in [1.807, 2.05) is 19.1 Å². The van der Waals surface area contributed by atoms with Crippen molar-refractivity contribution >= 4 is 16.7 Å². The quantitative estimate of drug-likeness (QED) is 0.793. The van der Waals surface area contributed by atoms with Crippen molar-refractivity contribution in [1.29, 1.82) is 0 Å². The van der Waals surface area contributed by atoms with Gasteiger partial charge in [-0.3, -0.25) is 0 Å². The van der Waals surface area contributed by atoms with Gasteiger partial charge in [0.1, 0.15) is 5.82 Å². The van der Waals surface area contributed by atoms with Gasteiger partial charge >= 0.3 is 0 Å². The highest BCUT2D eigenvalue weighted by molar-refractivity contribution is 5.81. The zero-order valence-electron chi connectivity index (χ0n) is 9.20. The second kappa shape index (κ2) is 4.14. The Balaban J connectivity index is 2.57. The van der Waals surface area contributed by atoms with Gasteiger partial charge in [-0.2, -0.15) is 0 Å². The van der Waals surface area contributed by atoms with E-state index >= 15 is 0 Å². The number of rotatable bonds is 3. The Bertz CT molecular complexity index is 576. The van der Waals surface area contributed by atoms with E-state index in [0.29, 0.717) is 0 Å². The molecule has 2 rings (SSSR count). The molecule has 0 spiro atoms.